The number of guanidine groups is 1. The van der Waals surface area contributed by atoms with E-state index in [1.165, 1.54) is 6.21 Å². The molecule has 2 aliphatic heterocycles. The lowest BCUT2D eigenvalue weighted by molar-refractivity contribution is -0.121. The molecular formula is C22H28N8O3S. The number of benzene rings is 1. The third-order valence-corrected chi connectivity index (χ3v) is 5.62. The number of amidine groups is 1. The highest BCUT2D eigenvalue weighted by atomic mass is 32.2. The van der Waals surface area contributed by atoms with Gasteiger partial charge in [-0.1, -0.05) is 0 Å². The number of anilines is 1. The van der Waals surface area contributed by atoms with Crippen molar-refractivity contribution in [3.63, 3.8) is 0 Å². The van der Waals surface area contributed by atoms with Gasteiger partial charge < -0.3 is 21.7 Å². The first-order chi connectivity index (χ1) is 16.4. The topological polar surface area (TPSA) is 163 Å². The molecule has 3 amide bonds. The third kappa shape index (κ3) is 7.24. The van der Waals surface area contributed by atoms with Crippen molar-refractivity contribution in [1.29, 1.82) is 0 Å². The van der Waals surface area contributed by atoms with Gasteiger partial charge in [0.05, 0.1) is 18.5 Å². The fourth-order valence-electron chi connectivity index (χ4n) is 3.17. The summed E-state index contributed by atoms with van der Waals surface area (Å²) in [4.78, 5) is 52.3. The average Bonchev–Trinajstić information content (AvgIpc) is 2.82. The molecule has 3 rings (SSSR count). The van der Waals surface area contributed by atoms with Gasteiger partial charge in [0.1, 0.15) is 0 Å². The summed E-state index contributed by atoms with van der Waals surface area (Å²) in [5.41, 5.74) is 7.33. The maximum atomic E-state index is 12.5. The maximum absolute atomic E-state index is 12.5. The van der Waals surface area contributed by atoms with Crippen LogP contribution in [0.15, 0.2) is 44.2 Å². The quantitative estimate of drug-likeness (QED) is 0.337. The molecule has 0 saturated heterocycles. The van der Waals surface area contributed by atoms with Crippen molar-refractivity contribution < 1.29 is 14.4 Å². The van der Waals surface area contributed by atoms with Crippen molar-refractivity contribution in [3.05, 3.63) is 29.8 Å². The predicted molar refractivity (Wildman–Crippen MR) is 136 cm³/mol. The van der Waals surface area contributed by atoms with Crippen LogP contribution in [0.25, 0.3) is 0 Å². The number of carbonyl (C=O) groups excluding carboxylic acids is 3. The minimum Gasteiger partial charge on any atom is -0.379 e. The summed E-state index contributed by atoms with van der Waals surface area (Å²) >= 11 is 1.68. The first-order valence-corrected chi connectivity index (χ1v) is 12.2. The van der Waals surface area contributed by atoms with E-state index in [9.17, 15) is 14.4 Å². The standard InChI is InChI=1S/C22H28N8O3S/c1-13(3-8-17(31)24-9-10-34-2)27-20(32)14-4-6-15(7-5-14)25-11-16-12-26-19-18(28-16)21(33)30-22(23)29-19/h4-7,12-13,18,25H,3,8-11H2,1-2H3,(H,24,31)(H,27,32)(H2,23,30,33). The van der Waals surface area contributed by atoms with E-state index in [-0.39, 0.29) is 29.7 Å². The summed E-state index contributed by atoms with van der Waals surface area (Å²) < 4.78 is 0. The highest BCUT2D eigenvalue weighted by Gasteiger charge is 2.30. The molecule has 0 fully saturated rings. The van der Waals surface area contributed by atoms with Gasteiger partial charge in [0.15, 0.2) is 11.9 Å². The monoisotopic (exact) mass is 484 g/mol. The molecule has 34 heavy (non-hydrogen) atoms. The van der Waals surface area contributed by atoms with Crippen LogP contribution in [0.3, 0.4) is 0 Å². The van der Waals surface area contributed by atoms with E-state index in [1.807, 2.05) is 13.2 Å². The lowest BCUT2D eigenvalue weighted by Crippen LogP contribution is -2.38. The minimum atomic E-state index is -0.858. The van der Waals surface area contributed by atoms with Crippen LogP contribution in [0, 0.1) is 0 Å². The molecule has 11 nitrogen and oxygen atoms in total. The normalized spacial score (nSPS) is 17.6. The van der Waals surface area contributed by atoms with Gasteiger partial charge in [-0.25, -0.2) is 4.99 Å². The number of hydrogen-bond acceptors (Lipinski definition) is 9. The van der Waals surface area contributed by atoms with Gasteiger partial charge in [-0.15, -0.1) is 0 Å². The number of thioether (sulfide) groups is 1. The van der Waals surface area contributed by atoms with E-state index < -0.39 is 11.9 Å². The summed E-state index contributed by atoms with van der Waals surface area (Å²) in [6, 6.07) is 6.00. The van der Waals surface area contributed by atoms with Crippen molar-refractivity contribution in [1.82, 2.24) is 10.6 Å². The van der Waals surface area contributed by atoms with Crippen LogP contribution < -0.4 is 21.7 Å². The Labute approximate surface area is 201 Å². The van der Waals surface area contributed by atoms with Gasteiger partial charge in [0.2, 0.25) is 11.9 Å². The molecule has 2 unspecified atom stereocenters. The van der Waals surface area contributed by atoms with Crippen LogP contribution in [0.4, 0.5) is 5.69 Å². The van der Waals surface area contributed by atoms with Crippen molar-refractivity contribution in [3.8, 4) is 0 Å². The fourth-order valence-corrected chi connectivity index (χ4v) is 3.48. The Kier molecular flexibility index (Phi) is 8.91. The van der Waals surface area contributed by atoms with Crippen molar-refractivity contribution in [2.75, 3.05) is 30.4 Å². The number of carbonyl (C=O) groups is 3. The van der Waals surface area contributed by atoms with Gasteiger partial charge in [-0.2, -0.15) is 21.7 Å². The van der Waals surface area contributed by atoms with Crippen LogP contribution in [-0.4, -0.2) is 78.6 Å². The zero-order valence-corrected chi connectivity index (χ0v) is 19.9. The average molecular weight is 485 g/mol. The Bertz CT molecular complexity index is 1050. The summed E-state index contributed by atoms with van der Waals surface area (Å²) in [6.07, 6.45) is 4.45. The number of hydrogen-bond donors (Lipinski definition) is 4. The van der Waals surface area contributed by atoms with Crippen LogP contribution >= 0.6 is 11.8 Å². The maximum Gasteiger partial charge on any atom is 0.281 e. The van der Waals surface area contributed by atoms with E-state index in [0.29, 0.717) is 37.2 Å². The molecule has 2 atom stereocenters. The van der Waals surface area contributed by atoms with Gasteiger partial charge in [0.25, 0.3) is 11.8 Å². The molecule has 180 valence electrons. The number of rotatable bonds is 11. The second-order valence-corrected chi connectivity index (χ2v) is 8.73. The van der Waals surface area contributed by atoms with Crippen LogP contribution in [0.5, 0.6) is 0 Å². The van der Waals surface area contributed by atoms with E-state index in [4.69, 9.17) is 5.73 Å². The molecule has 1 aromatic rings. The summed E-state index contributed by atoms with van der Waals surface area (Å²) in [5.74, 6) is 0.306. The Morgan fingerprint density at radius 2 is 1.97 bits per heavy atom. The van der Waals surface area contributed by atoms with Crippen LogP contribution in [0.2, 0.25) is 0 Å². The number of amides is 3. The molecule has 12 heteroatoms. The van der Waals surface area contributed by atoms with Gasteiger partial charge in [-0.05, 0) is 43.9 Å². The number of nitrogens with one attached hydrogen (secondary N) is 3. The van der Waals surface area contributed by atoms with Gasteiger partial charge >= 0.3 is 0 Å². The number of fused-ring (bicyclic) bond motifs is 1. The van der Waals surface area contributed by atoms with Crippen molar-refractivity contribution in [2.45, 2.75) is 31.8 Å². The van der Waals surface area contributed by atoms with E-state index in [0.717, 1.165) is 11.4 Å². The highest BCUT2D eigenvalue weighted by Crippen LogP contribution is 2.12. The molecule has 0 spiro atoms. The minimum absolute atomic E-state index is 0.00795. The Hall–Kier alpha value is -3.54. The summed E-state index contributed by atoms with van der Waals surface area (Å²) in [6.45, 7) is 2.86. The van der Waals surface area contributed by atoms with E-state index in [1.54, 1.807) is 36.0 Å². The van der Waals surface area contributed by atoms with Gasteiger partial charge in [-0.3, -0.25) is 19.4 Å². The molecule has 0 bridgehead atoms. The van der Waals surface area contributed by atoms with Crippen LogP contribution in [0.1, 0.15) is 30.1 Å². The Balaban J connectivity index is 1.44. The first-order valence-electron chi connectivity index (χ1n) is 10.8. The molecule has 2 heterocycles. The molecule has 1 aromatic carbocycles. The van der Waals surface area contributed by atoms with E-state index >= 15 is 0 Å². The summed E-state index contributed by atoms with van der Waals surface area (Å²) in [7, 11) is 0. The molecule has 5 N–H and O–H groups in total. The molecule has 0 aliphatic carbocycles. The third-order valence-electron chi connectivity index (χ3n) is 5.00. The molecule has 0 radical (unpaired) electrons. The Morgan fingerprint density at radius 3 is 2.71 bits per heavy atom. The van der Waals surface area contributed by atoms with Crippen molar-refractivity contribution in [2.24, 2.45) is 25.7 Å². The Morgan fingerprint density at radius 1 is 1.21 bits per heavy atom. The van der Waals surface area contributed by atoms with Crippen molar-refractivity contribution >= 4 is 58.9 Å². The highest BCUT2D eigenvalue weighted by molar-refractivity contribution is 7.98. The van der Waals surface area contributed by atoms with E-state index in [2.05, 4.69) is 35.9 Å². The molecule has 2 aliphatic rings. The van der Waals surface area contributed by atoms with Gasteiger partial charge in [0, 0.05) is 36.0 Å². The predicted octanol–water partition coefficient (Wildman–Crippen LogP) is 0.624. The largest absolute Gasteiger partial charge is 0.379 e. The lowest BCUT2D eigenvalue weighted by Gasteiger charge is -2.18. The first kappa shape index (κ1) is 25.1. The smallest absolute Gasteiger partial charge is 0.281 e. The fraction of sp³-hybridized carbons (Fsp3) is 0.409. The molecular weight excluding hydrogens is 456 g/mol. The SMILES string of the molecule is CSCCNC(=O)CCC(C)NC(=O)c1ccc(NCC2=NC3C(=O)N=C(N)N=C3N=C2)cc1. The zero-order valence-electron chi connectivity index (χ0n) is 19.1. The second-order valence-electron chi connectivity index (χ2n) is 7.75. The van der Waals surface area contributed by atoms with Crippen LogP contribution in [-0.2, 0) is 9.59 Å². The molecule has 0 saturated carbocycles. The second kappa shape index (κ2) is 12.1. The number of aliphatic imine (C=N–C) groups is 4. The lowest BCUT2D eigenvalue weighted by atomic mass is 10.1. The summed E-state index contributed by atoms with van der Waals surface area (Å²) in [5, 5.41) is 8.95. The molecule has 0 aromatic heterocycles. The number of nitrogens with zero attached hydrogens (tertiary/aromatic N) is 4. The number of nitrogens with two attached hydrogens (primary N) is 1. The zero-order chi connectivity index (χ0) is 24.5.